The molecule has 7 atom stereocenters. The van der Waals surface area contributed by atoms with Crippen LogP contribution < -0.4 is 5.32 Å². The molecule has 4 rings (SSSR count). The number of hydrogen-bond donors (Lipinski definition) is 1. The van der Waals surface area contributed by atoms with E-state index in [2.05, 4.69) is 52.4 Å². The number of hydrogen-bond acceptors (Lipinski definition) is 5. The molecule has 0 spiro atoms. The number of nitrogens with one attached hydrogen (secondary N) is 1. The number of Topliss-reactive ketones (excluding diaryl/α,β-unsaturated/α-hetero) is 1. The van der Waals surface area contributed by atoms with Crippen LogP contribution in [0.3, 0.4) is 0 Å². The lowest BCUT2D eigenvalue weighted by Crippen LogP contribution is -2.53. The lowest BCUT2D eigenvalue weighted by Gasteiger charge is -2.60. The summed E-state index contributed by atoms with van der Waals surface area (Å²) < 4.78 is 0.917. The highest BCUT2D eigenvalue weighted by atomic mass is 16.7. The average Bonchev–Trinajstić information content (AvgIpc) is 3.21. The van der Waals surface area contributed by atoms with E-state index in [1.165, 1.54) is 32.1 Å². The largest absolute Gasteiger partial charge is 0.436 e. The standard InChI is InChI=1S/C32H57N4O3/c1-22(2)35(19-17-33-18-20-36(6,7)8)30(38)39-34-23(3)27-11-12-28-26-10-9-24-21-25(37)13-15-31(24,4)29(26)14-16-32(27,28)5/h22,24,26-29,33H,9-21H2,1-8H3/q+1/b34-23+/t24-,26-,27+,28-,29-,31-,32+/m0/s1. The predicted molar refractivity (Wildman–Crippen MR) is 157 cm³/mol. The zero-order valence-electron chi connectivity index (χ0n) is 26.2. The van der Waals surface area contributed by atoms with Gasteiger partial charge in [-0.2, -0.15) is 0 Å². The summed E-state index contributed by atoms with van der Waals surface area (Å²) in [7, 11) is 6.55. The van der Waals surface area contributed by atoms with Crippen molar-refractivity contribution in [3.05, 3.63) is 0 Å². The zero-order chi connectivity index (χ0) is 28.6. The Hall–Kier alpha value is -1.47. The number of oxime groups is 1. The number of rotatable bonds is 9. The van der Waals surface area contributed by atoms with E-state index in [9.17, 15) is 9.59 Å². The quantitative estimate of drug-likeness (QED) is 0.132. The topological polar surface area (TPSA) is 71.0 Å². The summed E-state index contributed by atoms with van der Waals surface area (Å²) in [6, 6.07) is 0.0587. The molecule has 0 bridgehead atoms. The number of carbonyl (C=O) groups excluding carboxylic acids is 2. The molecule has 4 fully saturated rings. The SMILES string of the molecule is C/C(=N\OC(=O)N(CCNCC[N+](C)(C)C)C(C)C)[C@H]1CC[C@H]2[C@@H]3CC[C@H]4CC(=O)CC[C@]4(C)[C@H]3CC[C@]12C. The Morgan fingerprint density at radius 3 is 2.46 bits per heavy atom. The van der Waals surface area contributed by atoms with Crippen LogP contribution in [0.15, 0.2) is 5.16 Å². The molecule has 0 aliphatic heterocycles. The van der Waals surface area contributed by atoms with Gasteiger partial charge in [0, 0.05) is 44.4 Å². The number of ketones is 1. The number of fused-ring (bicyclic) bond motifs is 5. The molecular weight excluding hydrogens is 488 g/mol. The molecule has 4 aliphatic carbocycles. The van der Waals surface area contributed by atoms with Gasteiger partial charge in [-0.05, 0) is 100 Å². The lowest BCUT2D eigenvalue weighted by atomic mass is 9.44. The molecule has 0 heterocycles. The summed E-state index contributed by atoms with van der Waals surface area (Å²) in [6.07, 6.45) is 9.74. The third-order valence-corrected chi connectivity index (χ3v) is 11.6. The van der Waals surface area contributed by atoms with Gasteiger partial charge in [-0.3, -0.25) is 9.63 Å². The molecule has 0 aromatic heterocycles. The van der Waals surface area contributed by atoms with Crippen molar-refractivity contribution in [2.45, 2.75) is 98.4 Å². The predicted octanol–water partition coefficient (Wildman–Crippen LogP) is 5.73. The average molecular weight is 546 g/mol. The Morgan fingerprint density at radius 2 is 1.77 bits per heavy atom. The number of carbonyl (C=O) groups is 2. The molecule has 1 amide bonds. The van der Waals surface area contributed by atoms with Gasteiger partial charge in [0.15, 0.2) is 0 Å². The van der Waals surface area contributed by atoms with E-state index in [1.807, 2.05) is 13.8 Å². The second-order valence-corrected chi connectivity index (χ2v) is 15.2. The second-order valence-electron chi connectivity index (χ2n) is 15.2. The third-order valence-electron chi connectivity index (χ3n) is 11.6. The van der Waals surface area contributed by atoms with Crippen LogP contribution in [-0.4, -0.2) is 80.3 Å². The maximum atomic E-state index is 13.0. The minimum Gasteiger partial charge on any atom is -0.330 e. The van der Waals surface area contributed by atoms with Gasteiger partial charge < -0.3 is 14.7 Å². The van der Waals surface area contributed by atoms with Crippen molar-refractivity contribution in [2.75, 3.05) is 47.3 Å². The van der Waals surface area contributed by atoms with Gasteiger partial charge in [0.25, 0.3) is 0 Å². The second kappa shape index (κ2) is 11.8. The van der Waals surface area contributed by atoms with Gasteiger partial charge in [0.05, 0.1) is 33.4 Å². The van der Waals surface area contributed by atoms with E-state index in [0.29, 0.717) is 35.5 Å². The summed E-state index contributed by atoms with van der Waals surface area (Å²) in [6.45, 7) is 14.5. The first-order valence-electron chi connectivity index (χ1n) is 15.8. The molecule has 39 heavy (non-hydrogen) atoms. The molecule has 0 aromatic rings. The van der Waals surface area contributed by atoms with Gasteiger partial charge in [0.2, 0.25) is 0 Å². The van der Waals surface area contributed by atoms with Crippen LogP contribution in [0.25, 0.3) is 0 Å². The zero-order valence-corrected chi connectivity index (χ0v) is 26.2. The number of quaternary nitrogens is 1. The fraction of sp³-hybridized carbons (Fsp3) is 0.906. The Kier molecular flexibility index (Phi) is 9.22. The first-order valence-corrected chi connectivity index (χ1v) is 15.8. The maximum Gasteiger partial charge on any atom is 0.436 e. The molecule has 0 aromatic carbocycles. The number of amides is 1. The van der Waals surface area contributed by atoms with Crippen LogP contribution in [-0.2, 0) is 9.63 Å². The van der Waals surface area contributed by atoms with Crippen molar-refractivity contribution < 1.29 is 18.9 Å². The Balaban J connectivity index is 1.35. The highest BCUT2D eigenvalue weighted by molar-refractivity contribution is 5.85. The van der Waals surface area contributed by atoms with Crippen LogP contribution in [0.1, 0.15) is 92.4 Å². The monoisotopic (exact) mass is 545 g/mol. The fourth-order valence-electron chi connectivity index (χ4n) is 9.26. The van der Waals surface area contributed by atoms with E-state index in [-0.39, 0.29) is 17.6 Å². The molecule has 0 radical (unpaired) electrons. The van der Waals surface area contributed by atoms with Crippen molar-refractivity contribution in [2.24, 2.45) is 45.6 Å². The number of nitrogens with zero attached hydrogens (tertiary/aromatic N) is 3. The first-order chi connectivity index (χ1) is 18.3. The van der Waals surface area contributed by atoms with Crippen LogP contribution in [0.4, 0.5) is 4.79 Å². The van der Waals surface area contributed by atoms with E-state index >= 15 is 0 Å². The van der Waals surface area contributed by atoms with E-state index < -0.39 is 0 Å². The minimum atomic E-state index is -0.348. The van der Waals surface area contributed by atoms with E-state index in [0.717, 1.165) is 67.3 Å². The van der Waals surface area contributed by atoms with Gasteiger partial charge in [-0.25, -0.2) is 4.79 Å². The molecule has 7 heteroatoms. The molecule has 0 saturated heterocycles. The van der Waals surface area contributed by atoms with E-state index in [4.69, 9.17) is 4.84 Å². The van der Waals surface area contributed by atoms with Crippen LogP contribution in [0.2, 0.25) is 0 Å². The Morgan fingerprint density at radius 1 is 1.05 bits per heavy atom. The summed E-state index contributed by atoms with van der Waals surface area (Å²) in [5.41, 5.74) is 1.55. The normalized spacial score (nSPS) is 36.8. The van der Waals surface area contributed by atoms with Crippen molar-refractivity contribution in [3.63, 3.8) is 0 Å². The highest BCUT2D eigenvalue weighted by Crippen LogP contribution is 2.67. The van der Waals surface area contributed by atoms with Gasteiger partial charge in [-0.1, -0.05) is 19.0 Å². The summed E-state index contributed by atoms with van der Waals surface area (Å²) in [5, 5.41) is 7.93. The number of likely N-dealkylation sites (N-methyl/N-ethyl adjacent to an activating group) is 1. The van der Waals surface area contributed by atoms with Crippen molar-refractivity contribution in [3.8, 4) is 0 Å². The Bertz CT molecular complexity index is 927. The van der Waals surface area contributed by atoms with Gasteiger partial charge in [-0.15, -0.1) is 0 Å². The molecule has 222 valence electrons. The minimum absolute atomic E-state index is 0.0587. The van der Waals surface area contributed by atoms with Crippen molar-refractivity contribution in [1.82, 2.24) is 10.2 Å². The molecule has 4 saturated carbocycles. The first kappa shape index (κ1) is 30.5. The van der Waals surface area contributed by atoms with Crippen molar-refractivity contribution >= 4 is 17.6 Å². The molecule has 0 unspecified atom stereocenters. The third kappa shape index (κ3) is 6.39. The van der Waals surface area contributed by atoms with Gasteiger partial charge >= 0.3 is 6.09 Å². The molecule has 1 N–H and O–H groups in total. The van der Waals surface area contributed by atoms with Gasteiger partial charge in [0.1, 0.15) is 5.78 Å². The smallest absolute Gasteiger partial charge is 0.330 e. The summed E-state index contributed by atoms with van der Waals surface area (Å²) in [5.74, 6) is 3.69. The highest BCUT2D eigenvalue weighted by Gasteiger charge is 2.60. The Labute approximate surface area is 238 Å². The van der Waals surface area contributed by atoms with Crippen molar-refractivity contribution in [1.29, 1.82) is 0 Å². The van der Waals surface area contributed by atoms with Crippen LogP contribution in [0.5, 0.6) is 0 Å². The molecular formula is C32H57N4O3+. The molecule has 7 nitrogen and oxygen atoms in total. The van der Waals surface area contributed by atoms with Crippen LogP contribution in [0, 0.1) is 40.4 Å². The summed E-state index contributed by atoms with van der Waals surface area (Å²) >= 11 is 0. The van der Waals surface area contributed by atoms with Crippen LogP contribution >= 0.6 is 0 Å². The lowest BCUT2D eigenvalue weighted by molar-refractivity contribution is -0.869. The summed E-state index contributed by atoms with van der Waals surface area (Å²) in [4.78, 5) is 32.6. The van der Waals surface area contributed by atoms with E-state index in [1.54, 1.807) is 4.90 Å². The maximum absolute atomic E-state index is 13.0. The molecule has 4 aliphatic rings. The fourth-order valence-corrected chi connectivity index (χ4v) is 9.26.